The minimum atomic E-state index is 0.600. The van der Waals surface area contributed by atoms with E-state index in [0.717, 1.165) is 24.6 Å². The lowest BCUT2D eigenvalue weighted by molar-refractivity contribution is 0.305. The molecule has 0 amide bonds. The molecule has 3 rings (SSSR count). The first kappa shape index (κ1) is 15.4. The third-order valence-electron chi connectivity index (χ3n) is 3.79. The number of aryl methyl sites for hydroxylation is 1. The molecule has 1 N–H and O–H groups in total. The standard InChI is InChI=1S/C20H21NO2/c1-16-5-2-3-6-18(16)15-23-19-10-8-17(9-11-19)13-21-14-20-7-4-12-22-20/h2-12,21H,13-15H2,1H3. The summed E-state index contributed by atoms with van der Waals surface area (Å²) in [5, 5.41) is 3.35. The minimum Gasteiger partial charge on any atom is -0.489 e. The van der Waals surface area contributed by atoms with Crippen LogP contribution in [0.3, 0.4) is 0 Å². The van der Waals surface area contributed by atoms with Crippen molar-refractivity contribution >= 4 is 0 Å². The summed E-state index contributed by atoms with van der Waals surface area (Å²) in [5.41, 5.74) is 3.70. The fourth-order valence-corrected chi connectivity index (χ4v) is 2.38. The zero-order chi connectivity index (χ0) is 15.9. The van der Waals surface area contributed by atoms with Gasteiger partial charge in [-0.05, 0) is 47.9 Å². The van der Waals surface area contributed by atoms with Gasteiger partial charge in [0.25, 0.3) is 0 Å². The second-order valence-corrected chi connectivity index (χ2v) is 5.54. The van der Waals surface area contributed by atoms with Gasteiger partial charge in [0.05, 0.1) is 12.8 Å². The van der Waals surface area contributed by atoms with Crippen LogP contribution in [0.4, 0.5) is 0 Å². The van der Waals surface area contributed by atoms with E-state index in [4.69, 9.17) is 9.15 Å². The summed E-state index contributed by atoms with van der Waals surface area (Å²) in [4.78, 5) is 0. The zero-order valence-electron chi connectivity index (χ0n) is 13.3. The molecule has 0 atom stereocenters. The largest absolute Gasteiger partial charge is 0.489 e. The molecule has 3 heteroatoms. The highest BCUT2D eigenvalue weighted by Gasteiger charge is 2.00. The van der Waals surface area contributed by atoms with Crippen molar-refractivity contribution in [1.29, 1.82) is 0 Å². The van der Waals surface area contributed by atoms with Gasteiger partial charge in [0, 0.05) is 6.54 Å². The van der Waals surface area contributed by atoms with Gasteiger partial charge < -0.3 is 14.5 Å². The molecule has 0 unspecified atom stereocenters. The number of rotatable bonds is 7. The van der Waals surface area contributed by atoms with Crippen LogP contribution in [-0.4, -0.2) is 0 Å². The van der Waals surface area contributed by atoms with E-state index in [1.807, 2.05) is 36.4 Å². The number of nitrogens with one attached hydrogen (secondary N) is 1. The molecular weight excluding hydrogens is 286 g/mol. The molecule has 0 fully saturated rings. The lowest BCUT2D eigenvalue weighted by Crippen LogP contribution is -2.11. The molecule has 1 aromatic heterocycles. The molecule has 0 bridgehead atoms. The Morgan fingerprint density at radius 3 is 2.48 bits per heavy atom. The Kier molecular flexibility index (Phi) is 5.12. The molecule has 2 aromatic carbocycles. The summed E-state index contributed by atoms with van der Waals surface area (Å²) in [5.74, 6) is 1.84. The first-order valence-corrected chi connectivity index (χ1v) is 7.80. The third-order valence-corrected chi connectivity index (χ3v) is 3.79. The van der Waals surface area contributed by atoms with E-state index >= 15 is 0 Å². The average molecular weight is 307 g/mol. The van der Waals surface area contributed by atoms with E-state index in [1.165, 1.54) is 16.7 Å². The predicted molar refractivity (Wildman–Crippen MR) is 91.2 cm³/mol. The minimum absolute atomic E-state index is 0.600. The molecule has 3 aromatic rings. The molecule has 0 radical (unpaired) electrons. The highest BCUT2D eigenvalue weighted by Crippen LogP contribution is 2.16. The topological polar surface area (TPSA) is 34.4 Å². The molecule has 0 saturated heterocycles. The summed E-state index contributed by atoms with van der Waals surface area (Å²) < 4.78 is 11.1. The van der Waals surface area contributed by atoms with Crippen LogP contribution in [0.2, 0.25) is 0 Å². The Balaban J connectivity index is 1.48. The van der Waals surface area contributed by atoms with Gasteiger partial charge in [-0.2, -0.15) is 0 Å². The molecule has 0 spiro atoms. The molecule has 3 nitrogen and oxygen atoms in total. The van der Waals surface area contributed by atoms with Crippen LogP contribution in [-0.2, 0) is 19.7 Å². The fourth-order valence-electron chi connectivity index (χ4n) is 2.38. The Labute approximate surface area is 136 Å². The van der Waals surface area contributed by atoms with E-state index in [1.54, 1.807) is 6.26 Å². The smallest absolute Gasteiger partial charge is 0.119 e. The van der Waals surface area contributed by atoms with Crippen LogP contribution in [0.25, 0.3) is 0 Å². The SMILES string of the molecule is Cc1ccccc1COc1ccc(CNCc2ccco2)cc1. The lowest BCUT2D eigenvalue weighted by Gasteiger charge is -2.09. The number of ether oxygens (including phenoxy) is 1. The highest BCUT2D eigenvalue weighted by molar-refractivity contribution is 5.29. The molecule has 118 valence electrons. The summed E-state index contributed by atoms with van der Waals surface area (Å²) in [6.07, 6.45) is 1.69. The van der Waals surface area contributed by atoms with Crippen molar-refractivity contribution in [1.82, 2.24) is 5.32 Å². The number of furan rings is 1. The van der Waals surface area contributed by atoms with Gasteiger partial charge in [-0.15, -0.1) is 0 Å². The van der Waals surface area contributed by atoms with Gasteiger partial charge in [-0.25, -0.2) is 0 Å². The van der Waals surface area contributed by atoms with Crippen molar-refractivity contribution in [3.63, 3.8) is 0 Å². The maximum absolute atomic E-state index is 5.86. The maximum atomic E-state index is 5.86. The van der Waals surface area contributed by atoms with Gasteiger partial charge in [0.2, 0.25) is 0 Å². The van der Waals surface area contributed by atoms with Gasteiger partial charge in [0.15, 0.2) is 0 Å². The lowest BCUT2D eigenvalue weighted by atomic mass is 10.1. The van der Waals surface area contributed by atoms with Crippen molar-refractivity contribution in [3.05, 3.63) is 89.4 Å². The number of hydrogen-bond donors (Lipinski definition) is 1. The van der Waals surface area contributed by atoms with E-state index < -0.39 is 0 Å². The van der Waals surface area contributed by atoms with Crippen molar-refractivity contribution in [2.75, 3.05) is 0 Å². The Bertz CT molecular complexity index is 718. The van der Waals surface area contributed by atoms with Crippen LogP contribution < -0.4 is 10.1 Å². The normalized spacial score (nSPS) is 10.7. The highest BCUT2D eigenvalue weighted by atomic mass is 16.5. The van der Waals surface area contributed by atoms with Gasteiger partial charge >= 0.3 is 0 Å². The van der Waals surface area contributed by atoms with Crippen molar-refractivity contribution in [3.8, 4) is 5.75 Å². The van der Waals surface area contributed by atoms with E-state index in [2.05, 4.69) is 36.5 Å². The van der Waals surface area contributed by atoms with Crippen LogP contribution in [0, 0.1) is 6.92 Å². The van der Waals surface area contributed by atoms with Gasteiger partial charge in [-0.1, -0.05) is 36.4 Å². The summed E-state index contributed by atoms with van der Waals surface area (Å²) >= 11 is 0. The van der Waals surface area contributed by atoms with Crippen molar-refractivity contribution < 1.29 is 9.15 Å². The fraction of sp³-hybridized carbons (Fsp3) is 0.200. The van der Waals surface area contributed by atoms with Crippen LogP contribution in [0.5, 0.6) is 5.75 Å². The van der Waals surface area contributed by atoms with Crippen molar-refractivity contribution in [2.24, 2.45) is 0 Å². The third kappa shape index (κ3) is 4.47. The number of benzene rings is 2. The Morgan fingerprint density at radius 1 is 0.913 bits per heavy atom. The van der Waals surface area contributed by atoms with E-state index in [0.29, 0.717) is 6.61 Å². The zero-order valence-corrected chi connectivity index (χ0v) is 13.3. The summed E-state index contributed by atoms with van der Waals surface area (Å²) in [6.45, 7) is 4.24. The average Bonchev–Trinajstić information content (AvgIpc) is 3.09. The molecule has 0 saturated carbocycles. The van der Waals surface area contributed by atoms with Crippen LogP contribution in [0.15, 0.2) is 71.3 Å². The Hall–Kier alpha value is -2.52. The second-order valence-electron chi connectivity index (χ2n) is 5.54. The van der Waals surface area contributed by atoms with Crippen molar-refractivity contribution in [2.45, 2.75) is 26.6 Å². The number of hydrogen-bond acceptors (Lipinski definition) is 3. The molecule has 0 aliphatic rings. The van der Waals surface area contributed by atoms with E-state index in [-0.39, 0.29) is 0 Å². The molecule has 1 heterocycles. The van der Waals surface area contributed by atoms with Crippen LogP contribution >= 0.6 is 0 Å². The molecule has 0 aliphatic heterocycles. The van der Waals surface area contributed by atoms with Gasteiger partial charge in [0.1, 0.15) is 18.1 Å². The molecule has 0 aliphatic carbocycles. The monoisotopic (exact) mass is 307 g/mol. The summed E-state index contributed by atoms with van der Waals surface area (Å²) in [7, 11) is 0. The maximum Gasteiger partial charge on any atom is 0.119 e. The second kappa shape index (κ2) is 7.65. The van der Waals surface area contributed by atoms with Gasteiger partial charge in [-0.3, -0.25) is 0 Å². The molecular formula is C20H21NO2. The summed E-state index contributed by atoms with van der Waals surface area (Å²) in [6, 6.07) is 20.4. The van der Waals surface area contributed by atoms with Crippen LogP contribution in [0.1, 0.15) is 22.5 Å². The quantitative estimate of drug-likeness (QED) is 0.700. The first-order valence-electron chi connectivity index (χ1n) is 7.80. The van der Waals surface area contributed by atoms with E-state index in [9.17, 15) is 0 Å². The first-order chi connectivity index (χ1) is 11.3. The Morgan fingerprint density at radius 2 is 1.74 bits per heavy atom. The predicted octanol–water partition coefficient (Wildman–Crippen LogP) is 4.46. The molecule has 23 heavy (non-hydrogen) atoms.